The molecule has 0 aromatic carbocycles. The van der Waals surface area contributed by atoms with Gasteiger partial charge in [-0.05, 0) is 48.0 Å². The second kappa shape index (κ2) is 20.3. The second-order valence-corrected chi connectivity index (χ2v) is 16.2. The van der Waals surface area contributed by atoms with Crippen molar-refractivity contribution in [2.24, 2.45) is 11.5 Å². The van der Waals surface area contributed by atoms with Crippen LogP contribution in [0.25, 0.3) is 0 Å². The van der Waals surface area contributed by atoms with E-state index >= 15 is 0 Å². The van der Waals surface area contributed by atoms with Gasteiger partial charge in [-0.15, -0.1) is 15.8 Å². The van der Waals surface area contributed by atoms with Gasteiger partial charge in [-0.2, -0.15) is 0 Å². The Labute approximate surface area is 164 Å². The van der Waals surface area contributed by atoms with Crippen molar-refractivity contribution >= 4 is 35.2 Å². The summed E-state index contributed by atoms with van der Waals surface area (Å²) in [5, 5.41) is 0. The molecule has 0 aliphatic carbocycles. The Morgan fingerprint density at radius 3 is 0.870 bits per heavy atom. The Hall–Kier alpha value is 1.98. The number of nitrogens with two attached hydrogens (primary N) is 2. The molecular weight excluding hydrogens is 454 g/mol. The molecule has 0 aromatic rings. The zero-order valence-corrected chi connectivity index (χ0v) is 21.3. The van der Waals surface area contributed by atoms with E-state index < -0.39 is 0 Å². The van der Waals surface area contributed by atoms with Crippen LogP contribution < -0.4 is 11.5 Å². The quantitative estimate of drug-likeness (QED) is 0.328. The van der Waals surface area contributed by atoms with E-state index in [2.05, 4.69) is 55.4 Å². The molecule has 7 heteroatoms. The topological polar surface area (TPSA) is 52.0 Å². The monoisotopic (exact) mass is 494 g/mol. The number of halogens is 2. The van der Waals surface area contributed by atoms with Gasteiger partial charge in [-0.3, -0.25) is 0 Å². The van der Waals surface area contributed by atoms with E-state index in [-0.39, 0.29) is 31.0 Å². The van der Waals surface area contributed by atoms with E-state index in [1.165, 1.54) is 12.3 Å². The van der Waals surface area contributed by atoms with E-state index in [1.807, 2.05) is 0 Å². The first-order valence-electron chi connectivity index (χ1n) is 8.37. The first kappa shape index (κ1) is 29.7. The zero-order chi connectivity index (χ0) is 19.0. The SMILES string of the molecule is CC(C)P(CCN)C(C)C.CC(C)P(CCN)C(C)C.[Cl][Ru][Cl]. The van der Waals surface area contributed by atoms with Crippen LogP contribution >= 0.6 is 35.2 Å². The van der Waals surface area contributed by atoms with Gasteiger partial charge in [0.05, 0.1) is 0 Å². The van der Waals surface area contributed by atoms with Gasteiger partial charge >= 0.3 is 34.5 Å². The fourth-order valence-electron chi connectivity index (χ4n) is 2.52. The summed E-state index contributed by atoms with van der Waals surface area (Å²) in [6, 6.07) is 0. The molecule has 0 aromatic heterocycles. The second-order valence-electron chi connectivity index (χ2n) is 6.48. The number of hydrogen-bond acceptors (Lipinski definition) is 2. The predicted octanol–water partition coefficient (Wildman–Crippen LogP) is 5.86. The number of hydrogen-bond donors (Lipinski definition) is 2. The first-order valence-corrected chi connectivity index (χ1v) is 16.2. The van der Waals surface area contributed by atoms with Gasteiger partial charge in [0.2, 0.25) is 0 Å². The summed E-state index contributed by atoms with van der Waals surface area (Å²) in [5.41, 5.74) is 14.4. The van der Waals surface area contributed by atoms with Crippen LogP contribution in [-0.4, -0.2) is 48.0 Å². The van der Waals surface area contributed by atoms with Crippen molar-refractivity contribution in [3.8, 4) is 0 Å². The molecule has 0 bridgehead atoms. The van der Waals surface area contributed by atoms with Gasteiger partial charge in [0, 0.05) is 0 Å². The van der Waals surface area contributed by atoms with Crippen LogP contribution in [0.2, 0.25) is 0 Å². The maximum atomic E-state index is 5.52. The molecule has 0 spiro atoms. The van der Waals surface area contributed by atoms with Crippen molar-refractivity contribution in [2.75, 3.05) is 25.4 Å². The van der Waals surface area contributed by atoms with E-state index in [9.17, 15) is 0 Å². The van der Waals surface area contributed by atoms with E-state index in [4.69, 9.17) is 30.8 Å². The van der Waals surface area contributed by atoms with Gasteiger partial charge in [-0.1, -0.05) is 55.4 Å². The van der Waals surface area contributed by atoms with Crippen molar-refractivity contribution in [2.45, 2.75) is 78.0 Å². The van der Waals surface area contributed by atoms with Gasteiger partial charge in [0.25, 0.3) is 0 Å². The summed E-state index contributed by atoms with van der Waals surface area (Å²) in [6.45, 7) is 20.2. The summed E-state index contributed by atoms with van der Waals surface area (Å²) in [4.78, 5) is 0. The molecule has 0 saturated heterocycles. The van der Waals surface area contributed by atoms with Crippen LogP contribution in [0.5, 0.6) is 0 Å². The molecule has 0 radical (unpaired) electrons. The number of rotatable bonds is 8. The molecule has 0 aliphatic rings. The normalized spacial score (nSPS) is 11.4. The van der Waals surface area contributed by atoms with Crippen molar-refractivity contribution in [1.82, 2.24) is 0 Å². The van der Waals surface area contributed by atoms with Crippen LogP contribution in [-0.2, 0) is 15.1 Å². The molecule has 2 nitrogen and oxygen atoms in total. The molecule has 0 rings (SSSR count). The first-order chi connectivity index (χ1) is 10.6. The average Bonchev–Trinajstić information content (AvgIpc) is 2.42. The summed E-state index contributed by atoms with van der Waals surface area (Å²) in [5.74, 6) is 0. The van der Waals surface area contributed by atoms with Crippen molar-refractivity contribution < 1.29 is 15.1 Å². The summed E-state index contributed by atoms with van der Waals surface area (Å²) in [7, 11) is 10.1. The van der Waals surface area contributed by atoms with Crippen molar-refractivity contribution in [1.29, 1.82) is 0 Å². The fraction of sp³-hybridized carbons (Fsp3) is 1.00. The minimum absolute atomic E-state index is 0.196. The predicted molar refractivity (Wildman–Crippen MR) is 114 cm³/mol. The molecule has 23 heavy (non-hydrogen) atoms. The van der Waals surface area contributed by atoms with Crippen LogP contribution in [0.4, 0.5) is 0 Å². The summed E-state index contributed by atoms with van der Waals surface area (Å²) < 4.78 is 0. The third kappa shape index (κ3) is 20.2. The molecule has 0 heterocycles. The van der Waals surface area contributed by atoms with Crippen LogP contribution in [0.1, 0.15) is 55.4 Å². The summed E-state index contributed by atoms with van der Waals surface area (Å²) >= 11 is -0.346. The third-order valence-corrected chi connectivity index (χ3v) is 10.3. The van der Waals surface area contributed by atoms with E-state index in [0.29, 0.717) is 0 Å². The van der Waals surface area contributed by atoms with Crippen LogP contribution in [0, 0.1) is 0 Å². The molecule has 0 aliphatic heterocycles. The molecule has 0 atom stereocenters. The Morgan fingerprint density at radius 2 is 0.826 bits per heavy atom. The third-order valence-electron chi connectivity index (χ3n) is 3.43. The molecular formula is C16H40Cl2N2P2Ru. The zero-order valence-electron chi connectivity index (χ0n) is 16.3. The van der Waals surface area contributed by atoms with Gasteiger partial charge in [0.1, 0.15) is 0 Å². The van der Waals surface area contributed by atoms with Crippen LogP contribution in [0.3, 0.4) is 0 Å². The van der Waals surface area contributed by atoms with E-state index in [1.54, 1.807) is 0 Å². The molecule has 0 unspecified atom stereocenters. The van der Waals surface area contributed by atoms with Crippen molar-refractivity contribution in [3.63, 3.8) is 0 Å². The van der Waals surface area contributed by atoms with Crippen molar-refractivity contribution in [3.05, 3.63) is 0 Å². The Balaban J connectivity index is -0.000000297. The Bertz CT molecular complexity index is 196. The van der Waals surface area contributed by atoms with Gasteiger partial charge < -0.3 is 11.5 Å². The molecule has 4 N–H and O–H groups in total. The molecule has 0 saturated carbocycles. The molecule has 146 valence electrons. The standard InChI is InChI=1S/2C8H20NP.2ClH.Ru/c2*1-7(2)10(6-5-9)8(3)4;;;/h2*7-8H,5-6,9H2,1-4H3;2*1H;/q;;;;+2/p-2. The average molecular weight is 494 g/mol. The van der Waals surface area contributed by atoms with Gasteiger partial charge in [0.15, 0.2) is 0 Å². The molecule has 0 fully saturated rings. The Kier molecular flexibility index (Phi) is 26.2. The van der Waals surface area contributed by atoms with E-state index in [0.717, 1.165) is 35.7 Å². The summed E-state index contributed by atoms with van der Waals surface area (Å²) in [6.07, 6.45) is 2.48. The fourth-order valence-corrected chi connectivity index (χ4v) is 7.57. The van der Waals surface area contributed by atoms with Crippen LogP contribution in [0.15, 0.2) is 0 Å². The minimum atomic E-state index is -0.346. The maximum absolute atomic E-state index is 5.52. The van der Waals surface area contributed by atoms with Gasteiger partial charge in [-0.25, -0.2) is 0 Å². The molecule has 0 amide bonds. The Morgan fingerprint density at radius 1 is 0.652 bits per heavy atom.